The summed E-state index contributed by atoms with van der Waals surface area (Å²) in [5.41, 5.74) is 0. The molecule has 2 aliphatic heterocycles. The van der Waals surface area contributed by atoms with E-state index in [4.69, 9.17) is 0 Å². The van der Waals surface area contributed by atoms with Crippen LogP contribution in [0.15, 0.2) is 22.5 Å². The fraction of sp³-hybridized carbons (Fsp3) is 0.783. The van der Waals surface area contributed by atoms with Gasteiger partial charge in [0.25, 0.3) is 0 Å². The minimum atomic E-state index is 0. The summed E-state index contributed by atoms with van der Waals surface area (Å²) in [6, 6.07) is 4.89. The molecule has 1 aromatic heterocycles. The highest BCUT2D eigenvalue weighted by Crippen LogP contribution is 2.29. The molecule has 1 aromatic rings. The second kappa shape index (κ2) is 14.7. The highest BCUT2D eigenvalue weighted by atomic mass is 127. The lowest BCUT2D eigenvalue weighted by molar-refractivity contribution is 0.140. The van der Waals surface area contributed by atoms with E-state index in [2.05, 4.69) is 61.8 Å². The van der Waals surface area contributed by atoms with Gasteiger partial charge in [-0.2, -0.15) is 0 Å². The van der Waals surface area contributed by atoms with Crippen LogP contribution < -0.4 is 10.6 Å². The van der Waals surface area contributed by atoms with Crippen molar-refractivity contribution in [1.82, 2.24) is 25.3 Å². The van der Waals surface area contributed by atoms with Gasteiger partial charge in [0.15, 0.2) is 5.96 Å². The van der Waals surface area contributed by atoms with Gasteiger partial charge in [0.1, 0.15) is 0 Å². The summed E-state index contributed by atoms with van der Waals surface area (Å²) < 4.78 is 0. The van der Waals surface area contributed by atoms with Crippen LogP contribution in [0.25, 0.3) is 0 Å². The smallest absolute Gasteiger partial charge is 0.191 e. The van der Waals surface area contributed by atoms with Crippen molar-refractivity contribution in [2.24, 2.45) is 10.9 Å². The lowest BCUT2D eigenvalue weighted by atomic mass is 9.97. The number of hydrogen-bond donors (Lipinski definition) is 2. The number of halogens is 1. The molecule has 0 aromatic carbocycles. The number of thiophene rings is 1. The second-order valence-electron chi connectivity index (χ2n) is 8.98. The molecular weight excluding hydrogens is 519 g/mol. The van der Waals surface area contributed by atoms with Crippen LogP contribution in [-0.2, 0) is 0 Å². The molecule has 31 heavy (non-hydrogen) atoms. The molecule has 6 nitrogen and oxygen atoms in total. The summed E-state index contributed by atoms with van der Waals surface area (Å²) in [4.78, 5) is 13.6. The van der Waals surface area contributed by atoms with Crippen LogP contribution in [0.3, 0.4) is 0 Å². The van der Waals surface area contributed by atoms with E-state index in [0.717, 1.165) is 31.4 Å². The molecular formula is C23H43IN6S. The van der Waals surface area contributed by atoms with Gasteiger partial charge in [-0.1, -0.05) is 13.0 Å². The summed E-state index contributed by atoms with van der Waals surface area (Å²) in [5, 5.41) is 9.33. The van der Waals surface area contributed by atoms with Gasteiger partial charge in [0.2, 0.25) is 0 Å². The lowest BCUT2D eigenvalue weighted by Crippen LogP contribution is -2.45. The first-order valence-corrected chi connectivity index (χ1v) is 12.7. The standard InChI is InChI=1S/C23H42N6S.HI/c1-20-8-14-29(15-9-20)21(22-7-4-18-30-22)19-26-23(24-2)25-10-5-12-28-13-6-11-27(3)16-17-28;/h4,7,18,20-21H,5-6,8-17,19H2,1-3H3,(H2,24,25,26);1H. The van der Waals surface area contributed by atoms with Crippen LogP contribution in [0.4, 0.5) is 0 Å². The van der Waals surface area contributed by atoms with Crippen LogP contribution >= 0.6 is 35.3 Å². The Morgan fingerprint density at radius 2 is 1.97 bits per heavy atom. The number of hydrogen-bond acceptors (Lipinski definition) is 5. The molecule has 0 amide bonds. The number of likely N-dealkylation sites (tertiary alicyclic amines) is 1. The molecule has 2 fully saturated rings. The van der Waals surface area contributed by atoms with E-state index < -0.39 is 0 Å². The van der Waals surface area contributed by atoms with E-state index in [-0.39, 0.29) is 24.0 Å². The molecule has 1 unspecified atom stereocenters. The number of rotatable bonds is 8. The predicted octanol–water partition coefficient (Wildman–Crippen LogP) is 3.33. The molecule has 178 valence electrons. The first kappa shape index (κ1) is 26.8. The molecule has 8 heteroatoms. The third-order valence-electron chi connectivity index (χ3n) is 6.57. The maximum atomic E-state index is 4.47. The summed E-state index contributed by atoms with van der Waals surface area (Å²) in [7, 11) is 4.11. The first-order valence-electron chi connectivity index (χ1n) is 11.8. The Labute approximate surface area is 210 Å². The van der Waals surface area contributed by atoms with Gasteiger partial charge >= 0.3 is 0 Å². The van der Waals surface area contributed by atoms with E-state index in [0.29, 0.717) is 6.04 Å². The molecule has 0 radical (unpaired) electrons. The van der Waals surface area contributed by atoms with Crippen molar-refractivity contribution in [1.29, 1.82) is 0 Å². The Morgan fingerprint density at radius 3 is 2.68 bits per heavy atom. The Morgan fingerprint density at radius 1 is 1.16 bits per heavy atom. The zero-order valence-corrected chi connectivity index (χ0v) is 22.8. The zero-order valence-electron chi connectivity index (χ0n) is 19.7. The van der Waals surface area contributed by atoms with Crippen molar-refractivity contribution in [3.05, 3.63) is 22.4 Å². The van der Waals surface area contributed by atoms with Crippen LogP contribution in [0.1, 0.15) is 43.5 Å². The van der Waals surface area contributed by atoms with Crippen molar-refractivity contribution in [3.63, 3.8) is 0 Å². The fourth-order valence-electron chi connectivity index (χ4n) is 4.48. The minimum Gasteiger partial charge on any atom is -0.356 e. The average Bonchev–Trinajstić information content (AvgIpc) is 3.20. The predicted molar refractivity (Wildman–Crippen MR) is 145 cm³/mol. The van der Waals surface area contributed by atoms with Crippen molar-refractivity contribution in [3.8, 4) is 0 Å². The normalized spacial score (nSPS) is 21.3. The fourth-order valence-corrected chi connectivity index (χ4v) is 5.34. The molecule has 3 heterocycles. The molecule has 2 aliphatic rings. The molecule has 0 saturated carbocycles. The lowest BCUT2D eigenvalue weighted by Gasteiger charge is -2.36. The highest BCUT2D eigenvalue weighted by molar-refractivity contribution is 14.0. The third-order valence-corrected chi connectivity index (χ3v) is 7.55. The van der Waals surface area contributed by atoms with Crippen LogP contribution in [0, 0.1) is 5.92 Å². The number of aliphatic imine (C=N–C) groups is 1. The Balaban J connectivity index is 0.00000341. The van der Waals surface area contributed by atoms with E-state index in [1.54, 1.807) is 0 Å². The summed E-state index contributed by atoms with van der Waals surface area (Å²) >= 11 is 1.87. The van der Waals surface area contributed by atoms with E-state index in [9.17, 15) is 0 Å². The van der Waals surface area contributed by atoms with Gasteiger partial charge in [-0.05, 0) is 82.8 Å². The number of nitrogens with one attached hydrogen (secondary N) is 2. The topological polar surface area (TPSA) is 46.1 Å². The second-order valence-corrected chi connectivity index (χ2v) is 9.96. The maximum Gasteiger partial charge on any atom is 0.191 e. The van der Waals surface area contributed by atoms with Gasteiger partial charge < -0.3 is 20.4 Å². The average molecular weight is 563 g/mol. The van der Waals surface area contributed by atoms with E-state index >= 15 is 0 Å². The van der Waals surface area contributed by atoms with Crippen molar-refractivity contribution in [2.45, 2.75) is 38.6 Å². The van der Waals surface area contributed by atoms with Gasteiger partial charge in [0.05, 0.1) is 6.04 Å². The first-order chi connectivity index (χ1) is 14.7. The Bertz CT molecular complexity index is 618. The molecule has 3 rings (SSSR count). The van der Waals surface area contributed by atoms with Gasteiger partial charge in [-0.3, -0.25) is 9.89 Å². The molecule has 0 aliphatic carbocycles. The molecule has 0 spiro atoms. The summed E-state index contributed by atoms with van der Waals surface area (Å²) in [5.74, 6) is 1.79. The molecule has 1 atom stereocenters. The number of nitrogens with zero attached hydrogens (tertiary/aromatic N) is 4. The largest absolute Gasteiger partial charge is 0.356 e. The highest BCUT2D eigenvalue weighted by Gasteiger charge is 2.25. The molecule has 2 N–H and O–H groups in total. The SMILES string of the molecule is CN=C(NCCCN1CCCN(C)CC1)NCC(c1cccs1)N1CCC(C)CC1.I. The van der Waals surface area contributed by atoms with Crippen molar-refractivity contribution < 1.29 is 0 Å². The van der Waals surface area contributed by atoms with Crippen LogP contribution in [-0.4, -0.2) is 93.7 Å². The summed E-state index contributed by atoms with van der Waals surface area (Å²) in [6.45, 7) is 12.7. The Kier molecular flexibility index (Phi) is 12.7. The number of guanidine groups is 1. The maximum absolute atomic E-state index is 4.47. The van der Waals surface area contributed by atoms with Crippen molar-refractivity contribution in [2.75, 3.05) is 73.0 Å². The quantitative estimate of drug-likeness (QED) is 0.220. The third kappa shape index (κ3) is 9.15. The van der Waals surface area contributed by atoms with Crippen molar-refractivity contribution >= 4 is 41.3 Å². The monoisotopic (exact) mass is 562 g/mol. The number of likely N-dealkylation sites (N-methyl/N-ethyl adjacent to an activating group) is 1. The van der Waals surface area contributed by atoms with Gasteiger partial charge in [-0.15, -0.1) is 35.3 Å². The molecule has 0 bridgehead atoms. The van der Waals surface area contributed by atoms with E-state index in [1.807, 2.05) is 18.4 Å². The van der Waals surface area contributed by atoms with Gasteiger partial charge in [0, 0.05) is 38.1 Å². The van der Waals surface area contributed by atoms with Crippen LogP contribution in [0.2, 0.25) is 0 Å². The van der Waals surface area contributed by atoms with Gasteiger partial charge in [-0.25, -0.2) is 0 Å². The zero-order chi connectivity index (χ0) is 21.2. The van der Waals surface area contributed by atoms with Crippen LogP contribution in [0.5, 0.6) is 0 Å². The minimum absolute atomic E-state index is 0. The summed E-state index contributed by atoms with van der Waals surface area (Å²) in [6.07, 6.45) is 5.05. The Hall–Kier alpha value is -0.420. The van der Waals surface area contributed by atoms with E-state index in [1.165, 1.54) is 70.0 Å². The molecule has 2 saturated heterocycles. The number of piperidine rings is 1.